The standard InChI is InChI=1S/C15H12N6O5/c1-2-5-26-14-11(7-16)17-8-13(19-14)20-15(23)18-10-6-9(21(24)25)3-4-12(10)22/h2-4,6,8,22H,1,5H2,(H2,18,19,20,23). The molecule has 0 saturated carbocycles. The topological polar surface area (TPSA) is 163 Å². The molecule has 0 fully saturated rings. The second-order valence-corrected chi connectivity index (χ2v) is 4.66. The van der Waals surface area contributed by atoms with E-state index < -0.39 is 11.0 Å². The quantitative estimate of drug-likeness (QED) is 0.307. The molecule has 11 heteroatoms. The first kappa shape index (κ1) is 18.1. The van der Waals surface area contributed by atoms with E-state index in [-0.39, 0.29) is 41.1 Å². The van der Waals surface area contributed by atoms with E-state index in [4.69, 9.17) is 10.00 Å². The zero-order chi connectivity index (χ0) is 19.1. The number of nitrogens with one attached hydrogen (secondary N) is 2. The van der Waals surface area contributed by atoms with E-state index in [2.05, 4.69) is 27.2 Å². The van der Waals surface area contributed by atoms with Gasteiger partial charge in [0.05, 0.1) is 16.8 Å². The van der Waals surface area contributed by atoms with Crippen molar-refractivity contribution in [3.8, 4) is 17.7 Å². The van der Waals surface area contributed by atoms with E-state index in [1.54, 1.807) is 6.07 Å². The first-order valence-electron chi connectivity index (χ1n) is 7.01. The summed E-state index contributed by atoms with van der Waals surface area (Å²) in [6, 6.07) is 4.12. The fourth-order valence-corrected chi connectivity index (χ4v) is 1.76. The molecule has 0 aliphatic heterocycles. The molecule has 1 aromatic heterocycles. The number of anilines is 2. The molecule has 0 aliphatic carbocycles. The predicted octanol–water partition coefficient (Wildman–Crippen LogP) is 2.17. The van der Waals surface area contributed by atoms with Gasteiger partial charge in [-0.3, -0.25) is 15.4 Å². The zero-order valence-corrected chi connectivity index (χ0v) is 13.2. The second-order valence-electron chi connectivity index (χ2n) is 4.66. The van der Waals surface area contributed by atoms with Crippen LogP contribution in [0.4, 0.5) is 22.0 Å². The molecule has 11 nitrogen and oxygen atoms in total. The summed E-state index contributed by atoms with van der Waals surface area (Å²) in [6.07, 6.45) is 2.58. The maximum Gasteiger partial charge on any atom is 0.325 e. The fraction of sp³-hybridized carbons (Fsp3) is 0.0667. The number of carbonyl (C=O) groups excluding carboxylic acids is 1. The molecular weight excluding hydrogens is 344 g/mol. The lowest BCUT2D eigenvalue weighted by Gasteiger charge is -2.10. The number of nitriles is 1. The first-order valence-corrected chi connectivity index (χ1v) is 7.01. The van der Waals surface area contributed by atoms with Crippen molar-refractivity contribution >= 4 is 23.2 Å². The fourth-order valence-electron chi connectivity index (χ4n) is 1.76. The molecule has 3 N–H and O–H groups in total. The molecule has 0 atom stereocenters. The number of ether oxygens (including phenoxy) is 1. The van der Waals surface area contributed by atoms with Crippen LogP contribution in [0.5, 0.6) is 11.6 Å². The van der Waals surface area contributed by atoms with Gasteiger partial charge in [-0.25, -0.2) is 9.78 Å². The Hall–Kier alpha value is -4.20. The Bertz CT molecular complexity index is 908. The molecule has 2 aromatic rings. The average molecular weight is 356 g/mol. The molecule has 0 aliphatic rings. The summed E-state index contributed by atoms with van der Waals surface area (Å²) in [5, 5.41) is 33.9. The molecular formula is C15H12N6O5. The van der Waals surface area contributed by atoms with Gasteiger partial charge in [-0.15, -0.1) is 0 Å². The van der Waals surface area contributed by atoms with Gasteiger partial charge in [-0.05, 0) is 6.07 Å². The monoisotopic (exact) mass is 356 g/mol. The number of carbonyl (C=O) groups is 1. The molecule has 0 unspecified atom stereocenters. The van der Waals surface area contributed by atoms with Crippen LogP contribution in [0.15, 0.2) is 37.1 Å². The van der Waals surface area contributed by atoms with Crippen LogP contribution in [-0.4, -0.2) is 32.6 Å². The molecule has 0 radical (unpaired) electrons. The highest BCUT2D eigenvalue weighted by atomic mass is 16.6. The molecule has 0 spiro atoms. The molecule has 1 aromatic carbocycles. The van der Waals surface area contributed by atoms with E-state index in [0.717, 1.165) is 24.4 Å². The van der Waals surface area contributed by atoms with Crippen molar-refractivity contribution in [2.24, 2.45) is 0 Å². The van der Waals surface area contributed by atoms with Crippen LogP contribution in [0.3, 0.4) is 0 Å². The van der Waals surface area contributed by atoms with Crippen LogP contribution >= 0.6 is 0 Å². The van der Waals surface area contributed by atoms with Gasteiger partial charge < -0.3 is 15.2 Å². The van der Waals surface area contributed by atoms with Gasteiger partial charge in [0.1, 0.15) is 18.4 Å². The van der Waals surface area contributed by atoms with Crippen LogP contribution in [0, 0.1) is 21.4 Å². The summed E-state index contributed by atoms with van der Waals surface area (Å²) >= 11 is 0. The minimum atomic E-state index is -0.838. The van der Waals surface area contributed by atoms with E-state index >= 15 is 0 Å². The highest BCUT2D eigenvalue weighted by Gasteiger charge is 2.14. The van der Waals surface area contributed by atoms with Gasteiger partial charge in [0.15, 0.2) is 5.82 Å². The Labute approximate surface area is 146 Å². The number of phenolic OH excluding ortho intramolecular Hbond substituents is 1. The number of urea groups is 1. The number of hydrogen-bond donors (Lipinski definition) is 3. The molecule has 2 amide bonds. The molecule has 132 valence electrons. The summed E-state index contributed by atoms with van der Waals surface area (Å²) < 4.78 is 5.18. The molecule has 26 heavy (non-hydrogen) atoms. The summed E-state index contributed by atoms with van der Waals surface area (Å²) in [5.74, 6) is -0.486. The highest BCUT2D eigenvalue weighted by molar-refractivity contribution is 6.00. The van der Waals surface area contributed by atoms with Gasteiger partial charge in [0.25, 0.3) is 11.6 Å². The van der Waals surface area contributed by atoms with Crippen molar-refractivity contribution in [3.05, 3.63) is 52.9 Å². The van der Waals surface area contributed by atoms with Crippen LogP contribution in [0.25, 0.3) is 0 Å². The SMILES string of the molecule is C=CCOc1nc(NC(=O)Nc2cc([N+](=O)[O-])ccc2O)cnc1C#N. The normalized spacial score (nSPS) is 9.65. The summed E-state index contributed by atoms with van der Waals surface area (Å²) in [5.41, 5.74) is -0.549. The van der Waals surface area contributed by atoms with Crippen molar-refractivity contribution in [1.29, 1.82) is 5.26 Å². The lowest BCUT2D eigenvalue weighted by molar-refractivity contribution is -0.384. The van der Waals surface area contributed by atoms with Crippen LogP contribution in [0.1, 0.15) is 5.69 Å². The number of nitrogens with zero attached hydrogens (tertiary/aromatic N) is 4. The van der Waals surface area contributed by atoms with Gasteiger partial charge in [0.2, 0.25) is 5.69 Å². The van der Waals surface area contributed by atoms with E-state index in [1.165, 1.54) is 6.08 Å². The van der Waals surface area contributed by atoms with Crippen LogP contribution < -0.4 is 15.4 Å². The lowest BCUT2D eigenvalue weighted by Crippen LogP contribution is -2.20. The van der Waals surface area contributed by atoms with E-state index in [0.29, 0.717) is 0 Å². The highest BCUT2D eigenvalue weighted by Crippen LogP contribution is 2.27. The van der Waals surface area contributed by atoms with Gasteiger partial charge >= 0.3 is 6.03 Å². The van der Waals surface area contributed by atoms with Crippen molar-refractivity contribution < 1.29 is 19.6 Å². The van der Waals surface area contributed by atoms with Crippen LogP contribution in [0.2, 0.25) is 0 Å². The predicted molar refractivity (Wildman–Crippen MR) is 89.8 cm³/mol. The molecule has 1 heterocycles. The number of phenols is 1. The summed E-state index contributed by atoms with van der Waals surface area (Å²) in [7, 11) is 0. The number of nitro groups is 1. The third-order valence-corrected chi connectivity index (χ3v) is 2.87. The smallest absolute Gasteiger partial charge is 0.325 e. The number of aromatic hydroxyl groups is 1. The molecule has 0 saturated heterocycles. The maximum atomic E-state index is 12.0. The third kappa shape index (κ3) is 4.42. The lowest BCUT2D eigenvalue weighted by atomic mass is 10.2. The molecule has 0 bridgehead atoms. The van der Waals surface area contributed by atoms with Crippen molar-refractivity contribution in [3.63, 3.8) is 0 Å². The van der Waals surface area contributed by atoms with Crippen LogP contribution in [-0.2, 0) is 0 Å². The number of hydrogen-bond acceptors (Lipinski definition) is 8. The number of rotatable bonds is 6. The minimum absolute atomic E-state index is 0.0366. The minimum Gasteiger partial charge on any atom is -0.506 e. The van der Waals surface area contributed by atoms with Crippen molar-refractivity contribution in [2.75, 3.05) is 17.2 Å². The number of non-ortho nitro benzene ring substituents is 1. The first-order chi connectivity index (χ1) is 12.4. The number of aromatic nitrogens is 2. The number of benzene rings is 1. The van der Waals surface area contributed by atoms with Crippen molar-refractivity contribution in [1.82, 2.24) is 9.97 Å². The van der Waals surface area contributed by atoms with Gasteiger partial charge in [0, 0.05) is 12.1 Å². The summed E-state index contributed by atoms with van der Waals surface area (Å²) in [6.45, 7) is 3.55. The number of amides is 2. The van der Waals surface area contributed by atoms with E-state index in [1.807, 2.05) is 0 Å². The zero-order valence-electron chi connectivity index (χ0n) is 13.2. The summed E-state index contributed by atoms with van der Waals surface area (Å²) in [4.78, 5) is 29.8. The number of nitro benzene ring substituents is 1. The largest absolute Gasteiger partial charge is 0.506 e. The molecule has 2 rings (SSSR count). The second kappa shape index (κ2) is 8.06. The maximum absolute atomic E-state index is 12.0. The van der Waals surface area contributed by atoms with Gasteiger partial charge in [-0.2, -0.15) is 10.2 Å². The Balaban J connectivity index is 2.15. The Morgan fingerprint density at radius 2 is 2.27 bits per heavy atom. The Kier molecular flexibility index (Phi) is 5.63. The van der Waals surface area contributed by atoms with Crippen molar-refractivity contribution in [2.45, 2.75) is 0 Å². The third-order valence-electron chi connectivity index (χ3n) is 2.87. The Morgan fingerprint density at radius 3 is 2.92 bits per heavy atom. The average Bonchev–Trinajstić information content (AvgIpc) is 2.61. The Morgan fingerprint density at radius 1 is 1.50 bits per heavy atom. The van der Waals surface area contributed by atoms with E-state index in [9.17, 15) is 20.0 Å². The van der Waals surface area contributed by atoms with Gasteiger partial charge in [-0.1, -0.05) is 12.7 Å².